The van der Waals surface area contributed by atoms with Gasteiger partial charge in [0.2, 0.25) is 5.91 Å². The van der Waals surface area contributed by atoms with Crippen molar-refractivity contribution in [2.45, 2.75) is 23.8 Å². The van der Waals surface area contributed by atoms with E-state index in [1.165, 1.54) is 35.2 Å². The summed E-state index contributed by atoms with van der Waals surface area (Å²) in [5.41, 5.74) is 2.88. The number of fused-ring (bicyclic) bond motifs is 3. The molecule has 0 spiro atoms. The second-order valence-corrected chi connectivity index (χ2v) is 9.45. The van der Waals surface area contributed by atoms with Gasteiger partial charge < -0.3 is 5.32 Å². The van der Waals surface area contributed by atoms with Crippen LogP contribution in [0.1, 0.15) is 13.3 Å². The molecule has 0 aliphatic heterocycles. The monoisotopic (exact) mass is 490 g/mol. The quantitative estimate of drug-likeness (QED) is 0.184. The number of hydrogen-bond acceptors (Lipinski definition) is 8. The lowest BCUT2D eigenvalue weighted by Gasteiger charge is -2.13. The van der Waals surface area contributed by atoms with E-state index in [1.54, 1.807) is 17.5 Å². The number of nitro benzene ring substituents is 1. The molecule has 1 N–H and O–H groups in total. The predicted molar refractivity (Wildman–Crippen MR) is 133 cm³/mol. The van der Waals surface area contributed by atoms with Gasteiger partial charge in [-0.1, -0.05) is 49.0 Å². The lowest BCUT2D eigenvalue weighted by atomic mass is 10.1. The van der Waals surface area contributed by atoms with Gasteiger partial charge in [-0.25, -0.2) is 4.98 Å². The summed E-state index contributed by atoms with van der Waals surface area (Å²) in [6.45, 7) is 1.94. The highest BCUT2D eigenvalue weighted by Gasteiger charge is 2.23. The van der Waals surface area contributed by atoms with Gasteiger partial charge in [0.05, 0.1) is 21.4 Å². The van der Waals surface area contributed by atoms with E-state index in [0.717, 1.165) is 16.6 Å². The second kappa shape index (κ2) is 9.20. The van der Waals surface area contributed by atoms with Crippen molar-refractivity contribution >= 4 is 56.4 Å². The summed E-state index contributed by atoms with van der Waals surface area (Å²) in [5.74, 6) is -0.190. The molecule has 0 aliphatic rings. The topological polar surface area (TPSA) is 115 Å². The van der Waals surface area contributed by atoms with Crippen LogP contribution in [-0.4, -0.2) is 35.7 Å². The zero-order valence-corrected chi connectivity index (χ0v) is 19.5. The molecule has 3 heterocycles. The highest BCUT2D eigenvalue weighted by atomic mass is 32.2. The van der Waals surface area contributed by atoms with E-state index in [9.17, 15) is 14.9 Å². The van der Waals surface area contributed by atoms with Gasteiger partial charge in [0.15, 0.2) is 15.9 Å². The molecule has 3 aromatic heterocycles. The summed E-state index contributed by atoms with van der Waals surface area (Å²) in [4.78, 5) is 28.1. The number of non-ortho nitro benzene ring substituents is 1. The smallest absolute Gasteiger partial charge is 0.270 e. The Labute approximate surface area is 202 Å². The van der Waals surface area contributed by atoms with E-state index >= 15 is 0 Å². The van der Waals surface area contributed by atoms with Crippen molar-refractivity contribution in [2.24, 2.45) is 0 Å². The lowest BCUT2D eigenvalue weighted by molar-refractivity contribution is -0.384. The number of rotatable bonds is 7. The molecule has 0 aliphatic carbocycles. The van der Waals surface area contributed by atoms with Crippen LogP contribution in [0.15, 0.2) is 71.2 Å². The summed E-state index contributed by atoms with van der Waals surface area (Å²) in [5, 5.41) is 26.0. The zero-order chi connectivity index (χ0) is 23.7. The molecule has 1 amide bonds. The Morgan fingerprint density at radius 2 is 2.03 bits per heavy atom. The highest BCUT2D eigenvalue weighted by Crippen LogP contribution is 2.30. The van der Waals surface area contributed by atoms with Crippen LogP contribution in [0.2, 0.25) is 0 Å². The first-order valence-electron chi connectivity index (χ1n) is 10.4. The van der Waals surface area contributed by atoms with E-state index in [2.05, 4.69) is 20.5 Å². The Hall–Kier alpha value is -3.83. The van der Waals surface area contributed by atoms with Gasteiger partial charge in [-0.2, -0.15) is 0 Å². The molecule has 2 aromatic carbocycles. The van der Waals surface area contributed by atoms with Crippen molar-refractivity contribution in [1.29, 1.82) is 0 Å². The average Bonchev–Trinajstić information content (AvgIpc) is 3.49. The number of pyridine rings is 1. The van der Waals surface area contributed by atoms with Crippen LogP contribution in [0, 0.1) is 10.1 Å². The number of hydrogen-bond donors (Lipinski definition) is 1. The molecule has 0 radical (unpaired) electrons. The minimum absolute atomic E-state index is 0.00779. The minimum atomic E-state index is -0.445. The average molecular weight is 491 g/mol. The van der Waals surface area contributed by atoms with Crippen molar-refractivity contribution in [2.75, 3.05) is 5.32 Å². The number of para-hydroxylation sites is 1. The van der Waals surface area contributed by atoms with E-state index < -0.39 is 10.2 Å². The Morgan fingerprint density at radius 3 is 2.85 bits per heavy atom. The van der Waals surface area contributed by atoms with Crippen LogP contribution in [0.25, 0.3) is 27.8 Å². The SMILES string of the molecule is CCC(Sc1nnc2ccc3ccccc3n12)C(=O)Nc1nc(-c2cccc([N+](=O)[O-])c2)cs1. The van der Waals surface area contributed by atoms with Gasteiger partial charge in [0.25, 0.3) is 5.69 Å². The first-order chi connectivity index (χ1) is 16.5. The standard InChI is InChI=1S/C23H18N6O3S2/c1-2-19(34-23-27-26-20-11-10-14-6-3-4-9-18(14)28(20)23)21(30)25-22-24-17(13-33-22)15-7-5-8-16(12-15)29(31)32/h3-13,19H,2H2,1H3,(H,24,25,30). The molecule has 170 valence electrons. The van der Waals surface area contributed by atoms with Crippen LogP contribution in [0.5, 0.6) is 0 Å². The van der Waals surface area contributed by atoms with Crippen molar-refractivity contribution in [3.63, 3.8) is 0 Å². The number of anilines is 1. The number of aromatic nitrogens is 4. The van der Waals surface area contributed by atoms with Gasteiger partial charge in [-0.05, 0) is 30.0 Å². The molecule has 1 unspecified atom stereocenters. The summed E-state index contributed by atoms with van der Waals surface area (Å²) in [6, 6.07) is 18.1. The third-order valence-corrected chi connectivity index (χ3v) is 7.31. The molecule has 0 saturated carbocycles. The van der Waals surface area contributed by atoms with E-state index in [-0.39, 0.29) is 11.6 Å². The largest absolute Gasteiger partial charge is 0.301 e. The maximum atomic E-state index is 13.0. The van der Waals surface area contributed by atoms with Gasteiger partial charge in [-0.15, -0.1) is 21.5 Å². The molecule has 0 bridgehead atoms. The lowest BCUT2D eigenvalue weighted by Crippen LogP contribution is -2.24. The fraction of sp³-hybridized carbons (Fsp3) is 0.130. The van der Waals surface area contributed by atoms with Gasteiger partial charge in [-0.3, -0.25) is 19.3 Å². The molecule has 11 heteroatoms. The van der Waals surface area contributed by atoms with Crippen LogP contribution >= 0.6 is 23.1 Å². The normalized spacial score (nSPS) is 12.1. The molecule has 0 saturated heterocycles. The van der Waals surface area contributed by atoms with Crippen molar-refractivity contribution in [3.8, 4) is 11.3 Å². The summed E-state index contributed by atoms with van der Waals surface area (Å²) < 4.78 is 1.96. The summed E-state index contributed by atoms with van der Waals surface area (Å²) >= 11 is 2.63. The third kappa shape index (κ3) is 4.22. The first kappa shape index (κ1) is 22.0. The molecule has 9 nitrogen and oxygen atoms in total. The van der Waals surface area contributed by atoms with Crippen LogP contribution in [0.3, 0.4) is 0 Å². The fourth-order valence-corrected chi connectivity index (χ4v) is 5.26. The molecule has 1 atom stereocenters. The van der Waals surface area contributed by atoms with Crippen LogP contribution in [-0.2, 0) is 4.79 Å². The van der Waals surface area contributed by atoms with E-state index in [0.29, 0.717) is 28.0 Å². The number of carbonyl (C=O) groups excluding carboxylic acids is 1. The molecule has 5 rings (SSSR count). The van der Waals surface area contributed by atoms with Crippen molar-refractivity contribution in [3.05, 3.63) is 76.2 Å². The van der Waals surface area contributed by atoms with Crippen LogP contribution in [0.4, 0.5) is 10.8 Å². The molecular formula is C23H18N6O3S2. The maximum Gasteiger partial charge on any atom is 0.270 e. The van der Waals surface area contributed by atoms with Gasteiger partial charge >= 0.3 is 0 Å². The Kier molecular flexibility index (Phi) is 5.95. The molecular weight excluding hydrogens is 472 g/mol. The molecule has 34 heavy (non-hydrogen) atoms. The van der Waals surface area contributed by atoms with E-state index in [1.807, 2.05) is 47.7 Å². The Balaban J connectivity index is 1.36. The summed E-state index contributed by atoms with van der Waals surface area (Å²) in [6.07, 6.45) is 0.583. The number of nitrogens with zero attached hydrogens (tertiary/aromatic N) is 5. The zero-order valence-electron chi connectivity index (χ0n) is 17.9. The molecule has 0 fully saturated rings. The Morgan fingerprint density at radius 1 is 1.18 bits per heavy atom. The molecule has 5 aromatic rings. The van der Waals surface area contributed by atoms with Crippen molar-refractivity contribution < 1.29 is 9.72 Å². The fourth-order valence-electron chi connectivity index (χ4n) is 3.57. The number of amides is 1. The van der Waals surface area contributed by atoms with Crippen molar-refractivity contribution in [1.82, 2.24) is 19.6 Å². The Bertz CT molecular complexity index is 1530. The predicted octanol–water partition coefficient (Wildman–Crippen LogP) is 5.42. The minimum Gasteiger partial charge on any atom is -0.301 e. The van der Waals surface area contributed by atoms with Gasteiger partial charge in [0, 0.05) is 23.1 Å². The number of thioether (sulfide) groups is 1. The van der Waals surface area contributed by atoms with Crippen LogP contribution < -0.4 is 5.32 Å². The maximum absolute atomic E-state index is 13.0. The number of thiazole rings is 1. The first-order valence-corrected chi connectivity index (χ1v) is 12.2. The number of carbonyl (C=O) groups is 1. The second-order valence-electron chi connectivity index (χ2n) is 7.42. The highest BCUT2D eigenvalue weighted by molar-refractivity contribution is 8.00. The number of benzene rings is 2. The number of nitrogens with one attached hydrogen (secondary N) is 1. The van der Waals surface area contributed by atoms with Gasteiger partial charge in [0.1, 0.15) is 0 Å². The number of nitro groups is 1. The third-order valence-electron chi connectivity index (χ3n) is 5.25. The van der Waals surface area contributed by atoms with E-state index in [4.69, 9.17) is 0 Å². The summed E-state index contributed by atoms with van der Waals surface area (Å²) in [7, 11) is 0.